The van der Waals surface area contributed by atoms with Crippen molar-refractivity contribution in [3.05, 3.63) is 54.6 Å². The van der Waals surface area contributed by atoms with E-state index in [-0.39, 0.29) is 5.75 Å². The highest BCUT2D eigenvalue weighted by Gasteiger charge is 2.40. The van der Waals surface area contributed by atoms with Gasteiger partial charge in [0.2, 0.25) is 0 Å². The van der Waals surface area contributed by atoms with Crippen LogP contribution in [0.1, 0.15) is 51.9 Å². The first kappa shape index (κ1) is 25.1. The average Bonchev–Trinajstić information content (AvgIpc) is 2.84. The van der Waals surface area contributed by atoms with Crippen molar-refractivity contribution in [3.63, 3.8) is 0 Å². The molecule has 1 aliphatic carbocycles. The molecule has 0 atom stereocenters. The number of ether oxygens (including phenoxy) is 2. The number of benzene rings is 2. The normalized spacial score (nSPS) is 27.8. The van der Waals surface area contributed by atoms with E-state index in [0.717, 1.165) is 11.8 Å². The molecule has 0 N–H and O–H groups in total. The van der Waals surface area contributed by atoms with Crippen molar-refractivity contribution in [2.24, 2.45) is 17.8 Å². The molecule has 1 saturated carbocycles. The Bertz CT molecular complexity index is 869. The lowest BCUT2D eigenvalue weighted by molar-refractivity contribution is -0.274. The Morgan fingerprint density at radius 2 is 1.38 bits per heavy atom. The molecule has 0 bridgehead atoms. The molecule has 1 saturated heterocycles. The first-order chi connectivity index (χ1) is 16.4. The van der Waals surface area contributed by atoms with Crippen molar-refractivity contribution in [2.45, 2.75) is 76.4 Å². The Morgan fingerprint density at radius 3 is 1.97 bits per heavy atom. The monoisotopic (exact) mass is 490 g/mol. The highest BCUT2D eigenvalue weighted by molar-refractivity contribution is 6.92. The van der Waals surface area contributed by atoms with Gasteiger partial charge in [-0.1, -0.05) is 79.8 Å². The number of rotatable bonds is 8. The van der Waals surface area contributed by atoms with Gasteiger partial charge in [0, 0.05) is 0 Å². The van der Waals surface area contributed by atoms with Crippen molar-refractivity contribution in [1.29, 1.82) is 0 Å². The summed E-state index contributed by atoms with van der Waals surface area (Å²) in [6.45, 7) is 2.98. The third-order valence-electron chi connectivity index (χ3n) is 8.20. The van der Waals surface area contributed by atoms with Gasteiger partial charge < -0.3 is 9.47 Å². The molecule has 2 fully saturated rings. The first-order valence-electron chi connectivity index (χ1n) is 12.9. The summed E-state index contributed by atoms with van der Waals surface area (Å²) in [4.78, 5) is 0. The van der Waals surface area contributed by atoms with Gasteiger partial charge in [-0.3, -0.25) is 0 Å². The summed E-state index contributed by atoms with van der Waals surface area (Å²) >= 11 is 0. The Labute approximate surface area is 202 Å². The van der Waals surface area contributed by atoms with Crippen LogP contribution >= 0.6 is 0 Å². The molecule has 34 heavy (non-hydrogen) atoms. The van der Waals surface area contributed by atoms with Crippen LogP contribution in [-0.2, 0) is 0 Å². The minimum absolute atomic E-state index is 0.217. The largest absolute Gasteiger partial charge is 0.573 e. The van der Waals surface area contributed by atoms with E-state index in [9.17, 15) is 13.2 Å². The molecule has 0 amide bonds. The van der Waals surface area contributed by atoms with Crippen LogP contribution in [0.3, 0.4) is 0 Å². The number of halogens is 3. The van der Waals surface area contributed by atoms with Gasteiger partial charge in [0.25, 0.3) is 0 Å². The van der Waals surface area contributed by atoms with Crippen LogP contribution in [0.15, 0.2) is 54.6 Å². The van der Waals surface area contributed by atoms with Crippen LogP contribution in [0.25, 0.3) is 0 Å². The first-order valence-corrected chi connectivity index (χ1v) is 15.5. The molecule has 186 valence electrons. The maximum Gasteiger partial charge on any atom is 0.573 e. The topological polar surface area (TPSA) is 18.5 Å². The maximum absolute atomic E-state index is 12.3. The number of hydrogen-bond donors (Lipinski definition) is 0. The van der Waals surface area contributed by atoms with Crippen molar-refractivity contribution in [3.8, 4) is 11.5 Å². The van der Waals surface area contributed by atoms with E-state index in [1.807, 2.05) is 0 Å². The van der Waals surface area contributed by atoms with Crippen LogP contribution in [0, 0.1) is 17.8 Å². The molecule has 0 aromatic heterocycles. The molecule has 2 nitrogen and oxygen atoms in total. The number of hydrogen-bond acceptors (Lipinski definition) is 2. The van der Waals surface area contributed by atoms with Crippen LogP contribution in [0.4, 0.5) is 13.2 Å². The lowest BCUT2D eigenvalue weighted by atomic mass is 9.74. The second-order valence-corrected chi connectivity index (χ2v) is 15.0. The van der Waals surface area contributed by atoms with Crippen LogP contribution in [-0.4, -0.2) is 21.0 Å². The highest BCUT2D eigenvalue weighted by atomic mass is 28.3. The van der Waals surface area contributed by atoms with Crippen LogP contribution in [0.2, 0.25) is 18.1 Å². The second-order valence-electron chi connectivity index (χ2n) is 10.3. The van der Waals surface area contributed by atoms with E-state index in [2.05, 4.69) is 42.0 Å². The van der Waals surface area contributed by atoms with Gasteiger partial charge in [0.15, 0.2) is 0 Å². The molecule has 0 radical (unpaired) electrons. The number of alkyl halides is 3. The molecule has 2 aromatic rings. The van der Waals surface area contributed by atoms with Crippen molar-refractivity contribution >= 4 is 13.3 Å². The Morgan fingerprint density at radius 1 is 0.794 bits per heavy atom. The van der Waals surface area contributed by atoms with Gasteiger partial charge in [-0.2, -0.15) is 0 Å². The van der Waals surface area contributed by atoms with E-state index in [1.54, 1.807) is 17.3 Å². The summed E-state index contributed by atoms with van der Waals surface area (Å²) in [7, 11) is -1.34. The summed E-state index contributed by atoms with van der Waals surface area (Å²) in [6.07, 6.45) is 4.38. The lowest BCUT2D eigenvalue weighted by Gasteiger charge is -2.43. The van der Waals surface area contributed by atoms with E-state index in [1.165, 1.54) is 75.2 Å². The van der Waals surface area contributed by atoms with E-state index in [0.29, 0.717) is 18.3 Å². The van der Waals surface area contributed by atoms with Crippen molar-refractivity contribution in [2.75, 3.05) is 6.61 Å². The summed E-state index contributed by atoms with van der Waals surface area (Å²) < 4.78 is 46.7. The fraction of sp³-hybridized carbons (Fsp3) is 0.571. The summed E-state index contributed by atoms with van der Waals surface area (Å²) in [6, 6.07) is 21.4. The molecule has 0 spiro atoms. The SMILES string of the molecule is CCC[Si]1(c2ccccc2)CCC([C@H]2CC[C@H](COc3ccc(OC(F)(F)F)cc3)CC2)CC1. The summed E-state index contributed by atoms with van der Waals surface area (Å²) in [5.41, 5.74) is 0. The zero-order valence-electron chi connectivity index (χ0n) is 20.2. The van der Waals surface area contributed by atoms with E-state index < -0.39 is 14.4 Å². The molecular formula is C28H37F3O2Si. The predicted octanol–water partition coefficient (Wildman–Crippen LogP) is 7.95. The fourth-order valence-electron chi connectivity index (χ4n) is 6.40. The van der Waals surface area contributed by atoms with Gasteiger partial charge in [-0.05, 0) is 67.7 Å². The minimum Gasteiger partial charge on any atom is -0.493 e. The lowest BCUT2D eigenvalue weighted by Crippen LogP contribution is -2.50. The third-order valence-corrected chi connectivity index (χ3v) is 13.7. The minimum atomic E-state index is -4.67. The molecule has 1 heterocycles. The summed E-state index contributed by atoms with van der Waals surface area (Å²) in [5, 5.41) is 1.68. The standard InChI is InChI=1S/C28H37F3O2Si/c1-2-18-34(27-6-4-3-5-7-27)19-16-24(17-20-34)23-10-8-22(9-11-23)21-32-25-12-14-26(15-13-25)33-28(29,30)31/h3-7,12-15,22-24H,2,8-11,16-21H2,1H3/t22-,23-,24?,34?. The molecule has 1 aliphatic heterocycles. The highest BCUT2D eigenvalue weighted by Crippen LogP contribution is 2.44. The van der Waals surface area contributed by atoms with Gasteiger partial charge in [-0.25, -0.2) is 0 Å². The van der Waals surface area contributed by atoms with E-state index in [4.69, 9.17) is 4.74 Å². The fourth-order valence-corrected chi connectivity index (χ4v) is 11.7. The molecule has 2 aromatic carbocycles. The van der Waals surface area contributed by atoms with Gasteiger partial charge in [0.05, 0.1) is 14.7 Å². The van der Waals surface area contributed by atoms with Gasteiger partial charge in [0.1, 0.15) is 11.5 Å². The van der Waals surface area contributed by atoms with Crippen molar-refractivity contribution in [1.82, 2.24) is 0 Å². The van der Waals surface area contributed by atoms with Crippen molar-refractivity contribution < 1.29 is 22.6 Å². The Kier molecular flexibility index (Phi) is 8.28. The Balaban J connectivity index is 1.22. The third kappa shape index (κ3) is 6.59. The smallest absolute Gasteiger partial charge is 0.493 e. The second kappa shape index (κ2) is 11.2. The average molecular weight is 491 g/mol. The summed E-state index contributed by atoms with van der Waals surface area (Å²) in [5.74, 6) is 2.64. The van der Waals surface area contributed by atoms with Crippen LogP contribution in [0.5, 0.6) is 11.5 Å². The zero-order chi connectivity index (χ0) is 24.0. The predicted molar refractivity (Wildman–Crippen MR) is 133 cm³/mol. The zero-order valence-corrected chi connectivity index (χ0v) is 21.2. The quantitative estimate of drug-likeness (QED) is 0.350. The van der Waals surface area contributed by atoms with Gasteiger partial charge >= 0.3 is 6.36 Å². The molecular weight excluding hydrogens is 453 g/mol. The van der Waals surface area contributed by atoms with Crippen LogP contribution < -0.4 is 14.7 Å². The molecule has 6 heteroatoms. The molecule has 4 rings (SSSR count). The molecule has 2 aliphatic rings. The van der Waals surface area contributed by atoms with E-state index >= 15 is 0 Å². The maximum atomic E-state index is 12.3. The Hall–Kier alpha value is -1.95. The molecule has 0 unspecified atom stereocenters. The van der Waals surface area contributed by atoms with Gasteiger partial charge in [-0.15, -0.1) is 13.2 Å².